The molecule has 0 amide bonds. The number of nitrogens with one attached hydrogen (secondary N) is 4. The van der Waals surface area contributed by atoms with Crippen LogP contribution in [0.25, 0.3) is 0 Å². The highest BCUT2D eigenvalue weighted by atomic mass is 32.3. The molecule has 262 valence electrons. The van der Waals surface area contributed by atoms with Crippen LogP contribution in [-0.4, -0.2) is 69.0 Å². The third-order valence-electron chi connectivity index (χ3n) is 6.65. The number of sulfonamides is 4. The van der Waals surface area contributed by atoms with Gasteiger partial charge in [0.05, 0.1) is 24.3 Å². The highest BCUT2D eigenvalue weighted by Gasteiger charge is 2.67. The lowest BCUT2D eigenvalue weighted by Crippen LogP contribution is -2.67. The molecule has 0 fully saturated rings. The Labute approximate surface area is 275 Å². The molecule has 0 aromatic heterocycles. The van der Waals surface area contributed by atoms with Gasteiger partial charge in [-0.25, -0.2) is 52.6 Å². The molecule has 0 radical (unpaired) electrons. The Morgan fingerprint density at radius 2 is 0.652 bits per heavy atom. The first-order chi connectivity index (χ1) is 21.7. The van der Waals surface area contributed by atoms with Crippen molar-refractivity contribution in [2.24, 2.45) is 0 Å². The largest absolute Gasteiger partial charge is 0.328 e. The lowest BCUT2D eigenvalue weighted by molar-refractivity contribution is 0.524. The van der Waals surface area contributed by atoms with Crippen molar-refractivity contribution >= 4 is 40.1 Å². The van der Waals surface area contributed by atoms with Crippen LogP contribution in [0, 0.1) is 45.3 Å². The average Bonchev–Trinajstić information content (AvgIpc) is 2.98. The first-order valence-electron chi connectivity index (χ1n) is 15.1. The summed E-state index contributed by atoms with van der Waals surface area (Å²) in [7, 11) is -21.5. The van der Waals surface area contributed by atoms with E-state index in [1.54, 1.807) is 0 Å². The average molecular weight is 727 g/mol. The normalized spacial score (nSPS) is 12.5. The monoisotopic (exact) mass is 726 g/mol. The van der Waals surface area contributed by atoms with E-state index < -0.39 is 68.9 Å². The zero-order chi connectivity index (χ0) is 35.0. The third-order valence-corrected chi connectivity index (χ3v) is 17.3. The van der Waals surface area contributed by atoms with Gasteiger partial charge in [-0.05, 0) is 51.4 Å². The molecule has 4 N–H and O–H groups in total. The quantitative estimate of drug-likeness (QED) is 0.0801. The Balaban J connectivity index is 6.68. The molecule has 0 heterocycles. The van der Waals surface area contributed by atoms with E-state index in [-0.39, 0.29) is 57.9 Å². The first-order valence-corrected chi connectivity index (χ1v) is 21.2. The van der Waals surface area contributed by atoms with E-state index in [9.17, 15) is 33.7 Å². The molecule has 0 saturated heterocycles. The van der Waals surface area contributed by atoms with Gasteiger partial charge in [0.2, 0.25) is 10.0 Å². The fourth-order valence-electron chi connectivity index (χ4n) is 4.15. The standard InChI is InChI=1S/C26H46N8O8S4/c27-17-9-1-5-13-21-31-43(35,36)25-26(44(37,38)32-22-14-6-2-10-18-28,45(39,40)33-23-15-7-3-11-19-29)46(41,42)34-24-16-8-4-12-20-30/h31-34H,1-16,21-25H2. The molecule has 0 rings (SSSR count). The van der Waals surface area contributed by atoms with Crippen LogP contribution in [-0.2, 0) is 40.1 Å². The number of rotatable bonds is 29. The molecule has 46 heavy (non-hydrogen) atoms. The molecule has 0 aliphatic carbocycles. The van der Waals surface area contributed by atoms with Crippen LogP contribution in [0.1, 0.15) is 103 Å². The Kier molecular flexibility index (Phi) is 21.8. The van der Waals surface area contributed by atoms with Crippen LogP contribution < -0.4 is 18.9 Å². The van der Waals surface area contributed by atoms with Crippen LogP contribution in [0.3, 0.4) is 0 Å². The summed E-state index contributed by atoms with van der Waals surface area (Å²) < 4.78 is 114. The summed E-state index contributed by atoms with van der Waals surface area (Å²) in [6, 6.07) is 7.75. The fourth-order valence-corrected chi connectivity index (χ4v) is 14.9. The second-order valence-corrected chi connectivity index (χ2v) is 19.0. The lowest BCUT2D eigenvalue weighted by Gasteiger charge is -2.32. The van der Waals surface area contributed by atoms with Crippen molar-refractivity contribution < 1.29 is 33.7 Å². The minimum atomic E-state index is -5.53. The Bertz CT molecular complexity index is 1370. The highest BCUT2D eigenvalue weighted by molar-refractivity contribution is 8.25. The molecule has 0 aromatic carbocycles. The summed E-state index contributed by atoms with van der Waals surface area (Å²) in [5.41, 5.74) is 0. The number of nitrogens with zero attached hydrogens (tertiary/aromatic N) is 4. The van der Waals surface area contributed by atoms with Gasteiger partial charge in [0.1, 0.15) is 5.75 Å². The maximum Gasteiger partial charge on any atom is 0.328 e. The molecule has 0 atom stereocenters. The molecule has 16 nitrogen and oxygen atoms in total. The predicted octanol–water partition coefficient (Wildman–Crippen LogP) is 1.65. The lowest BCUT2D eigenvalue weighted by atomic mass is 10.2. The molecule has 0 aliphatic rings. The van der Waals surface area contributed by atoms with Crippen molar-refractivity contribution in [1.82, 2.24) is 18.9 Å². The summed E-state index contributed by atoms with van der Waals surface area (Å²) >= 11 is 0. The van der Waals surface area contributed by atoms with Crippen molar-refractivity contribution in [3.05, 3.63) is 0 Å². The summed E-state index contributed by atoms with van der Waals surface area (Å²) in [5, 5.41) is 34.8. The molecule has 0 aliphatic heterocycles. The zero-order valence-electron chi connectivity index (χ0n) is 26.0. The van der Waals surface area contributed by atoms with Gasteiger partial charge in [-0.2, -0.15) is 21.0 Å². The second kappa shape index (κ2) is 23.0. The molecule has 0 bridgehead atoms. The summed E-state index contributed by atoms with van der Waals surface area (Å²) in [4.78, 5) is 0. The van der Waals surface area contributed by atoms with Crippen LogP contribution >= 0.6 is 0 Å². The Hall–Kier alpha value is -2.40. The van der Waals surface area contributed by atoms with E-state index in [4.69, 9.17) is 21.0 Å². The van der Waals surface area contributed by atoms with E-state index in [1.165, 1.54) is 0 Å². The molecule has 0 spiro atoms. The molecular formula is C26H46N8O8S4. The van der Waals surface area contributed by atoms with E-state index >= 15 is 0 Å². The SMILES string of the molecule is N#CCCCCCNS(=O)(=O)CC(S(=O)(=O)NCCCCCC#N)(S(=O)(=O)NCCCCCC#N)S(=O)(=O)NCCCCCC#N. The van der Waals surface area contributed by atoms with Gasteiger partial charge in [-0.3, -0.25) is 0 Å². The van der Waals surface area contributed by atoms with Gasteiger partial charge in [-0.15, -0.1) is 0 Å². The van der Waals surface area contributed by atoms with E-state index in [1.807, 2.05) is 38.4 Å². The number of unbranched alkanes of at least 4 members (excludes halogenated alkanes) is 12. The minimum Gasteiger partial charge on any atom is -0.215 e. The van der Waals surface area contributed by atoms with Gasteiger partial charge in [-0.1, -0.05) is 25.7 Å². The van der Waals surface area contributed by atoms with Crippen molar-refractivity contribution in [1.29, 1.82) is 21.0 Å². The van der Waals surface area contributed by atoms with Gasteiger partial charge < -0.3 is 0 Å². The smallest absolute Gasteiger partial charge is 0.215 e. The maximum atomic E-state index is 13.9. The summed E-state index contributed by atoms with van der Waals surface area (Å²) in [6.45, 7) is -1.52. The summed E-state index contributed by atoms with van der Waals surface area (Å²) in [5.74, 6) is -1.88. The van der Waals surface area contributed by atoms with Crippen molar-refractivity contribution in [3.8, 4) is 24.3 Å². The third kappa shape index (κ3) is 15.5. The topological polar surface area (TPSA) is 280 Å². The van der Waals surface area contributed by atoms with Gasteiger partial charge in [0, 0.05) is 51.9 Å². The minimum absolute atomic E-state index is 0.115. The van der Waals surface area contributed by atoms with Crippen LogP contribution in [0.5, 0.6) is 0 Å². The van der Waals surface area contributed by atoms with Crippen LogP contribution in [0.15, 0.2) is 0 Å². The summed E-state index contributed by atoms with van der Waals surface area (Å²) in [6.07, 6.45) is 4.58. The molecule has 0 saturated carbocycles. The van der Waals surface area contributed by atoms with Crippen molar-refractivity contribution in [2.75, 3.05) is 31.9 Å². The molecule has 0 aromatic rings. The molecule has 20 heteroatoms. The zero-order valence-corrected chi connectivity index (χ0v) is 29.3. The van der Waals surface area contributed by atoms with Crippen molar-refractivity contribution in [3.63, 3.8) is 0 Å². The number of hydrogen-bond acceptors (Lipinski definition) is 12. The molecule has 0 unspecified atom stereocenters. The number of nitriles is 4. The highest BCUT2D eigenvalue weighted by Crippen LogP contribution is 2.32. The Morgan fingerprint density at radius 1 is 0.391 bits per heavy atom. The van der Waals surface area contributed by atoms with Crippen LogP contribution in [0.2, 0.25) is 0 Å². The van der Waals surface area contributed by atoms with Gasteiger partial charge in [0.15, 0.2) is 0 Å². The van der Waals surface area contributed by atoms with E-state index in [0.29, 0.717) is 51.4 Å². The maximum absolute atomic E-state index is 13.9. The van der Waals surface area contributed by atoms with E-state index in [2.05, 4.69) is 4.72 Å². The predicted molar refractivity (Wildman–Crippen MR) is 172 cm³/mol. The first kappa shape index (κ1) is 43.6. The van der Waals surface area contributed by atoms with Crippen molar-refractivity contribution in [2.45, 2.75) is 106 Å². The Morgan fingerprint density at radius 3 is 0.913 bits per heavy atom. The number of hydrogen-bond donors (Lipinski definition) is 4. The molecular weight excluding hydrogens is 681 g/mol. The fraction of sp³-hybridized carbons (Fsp3) is 0.846. The second-order valence-electron chi connectivity index (χ2n) is 10.4. The van der Waals surface area contributed by atoms with Gasteiger partial charge >= 0.3 is 3.41 Å². The van der Waals surface area contributed by atoms with E-state index in [0.717, 1.165) is 0 Å². The van der Waals surface area contributed by atoms with Gasteiger partial charge in [0.25, 0.3) is 30.1 Å². The van der Waals surface area contributed by atoms with Crippen LogP contribution in [0.4, 0.5) is 0 Å².